The number of carbonyl (C=O) groups is 3. The topological polar surface area (TPSA) is 129 Å². The van der Waals surface area contributed by atoms with Crippen LogP contribution in [0.2, 0.25) is 0 Å². The largest absolute Gasteiger partial charge is 0.467 e. The van der Waals surface area contributed by atoms with E-state index in [1.54, 1.807) is 14.2 Å². The van der Waals surface area contributed by atoms with E-state index in [1.165, 1.54) is 7.11 Å². The minimum absolute atomic E-state index is 0.0307. The van der Waals surface area contributed by atoms with Gasteiger partial charge in [0.25, 0.3) is 0 Å². The van der Waals surface area contributed by atoms with Gasteiger partial charge >= 0.3 is 5.97 Å². The molecule has 1 aliphatic heterocycles. The highest BCUT2D eigenvalue weighted by Crippen LogP contribution is 2.45. The first-order valence-corrected chi connectivity index (χ1v) is 11.3. The Kier molecular flexibility index (Phi) is 8.30. The number of ether oxygens (including phenoxy) is 3. The van der Waals surface area contributed by atoms with Crippen molar-refractivity contribution >= 4 is 17.8 Å². The summed E-state index contributed by atoms with van der Waals surface area (Å²) in [7, 11) is 4.81. The molecule has 2 aliphatic carbocycles. The molecule has 0 spiro atoms. The maximum atomic E-state index is 12.6. The molecule has 2 saturated carbocycles. The van der Waals surface area contributed by atoms with Crippen molar-refractivity contribution in [3.63, 3.8) is 0 Å². The van der Waals surface area contributed by atoms with Crippen LogP contribution in [0.1, 0.15) is 44.9 Å². The number of nitrogens with two attached hydrogens (primary N) is 1. The van der Waals surface area contributed by atoms with Crippen LogP contribution in [0, 0.1) is 23.7 Å². The van der Waals surface area contributed by atoms with Crippen LogP contribution in [0.15, 0.2) is 0 Å². The standard InChI is InChI=1S/C22H37N3O6/c1-29-17-6-4-12-8-14(17)15-10-13(5-7-18(15)30-2)20(23)21(27)24-11-19(26)25-16(9-12)22(28)31-3/h12-18,20H,4-11,23H2,1-3H3,(H,24,27)(H,25,26)/t12?,13?,14?,15?,16-,17?,18?,20?/m0/s1. The van der Waals surface area contributed by atoms with E-state index in [9.17, 15) is 14.4 Å². The van der Waals surface area contributed by atoms with Gasteiger partial charge in [0.1, 0.15) is 6.04 Å². The van der Waals surface area contributed by atoms with Gasteiger partial charge in [-0.15, -0.1) is 0 Å². The van der Waals surface area contributed by atoms with Crippen LogP contribution in [0.4, 0.5) is 0 Å². The minimum atomic E-state index is -0.743. The lowest BCUT2D eigenvalue weighted by Gasteiger charge is -2.46. The molecule has 2 amide bonds. The van der Waals surface area contributed by atoms with E-state index in [4.69, 9.17) is 19.9 Å². The van der Waals surface area contributed by atoms with Crippen LogP contribution < -0.4 is 16.4 Å². The molecule has 0 aromatic heterocycles. The Balaban J connectivity index is 1.90. The Morgan fingerprint density at radius 2 is 1.58 bits per heavy atom. The monoisotopic (exact) mass is 439 g/mol. The van der Waals surface area contributed by atoms with E-state index >= 15 is 0 Å². The molecule has 3 rings (SSSR count). The van der Waals surface area contributed by atoms with Gasteiger partial charge in [-0.2, -0.15) is 0 Å². The Morgan fingerprint density at radius 3 is 2.23 bits per heavy atom. The van der Waals surface area contributed by atoms with E-state index in [0.717, 1.165) is 38.5 Å². The van der Waals surface area contributed by atoms with Gasteiger partial charge in [0.15, 0.2) is 0 Å². The molecule has 9 heteroatoms. The first kappa shape index (κ1) is 23.9. The fourth-order valence-corrected chi connectivity index (χ4v) is 5.94. The number of methoxy groups -OCH3 is 3. The zero-order chi connectivity index (χ0) is 22.5. The smallest absolute Gasteiger partial charge is 0.328 e. The fraction of sp³-hybridized carbons (Fsp3) is 0.864. The van der Waals surface area contributed by atoms with Gasteiger partial charge in [-0.05, 0) is 68.6 Å². The van der Waals surface area contributed by atoms with E-state index in [0.29, 0.717) is 6.42 Å². The number of fused-ring (bicyclic) bond motifs is 5. The van der Waals surface area contributed by atoms with Crippen LogP contribution in [-0.4, -0.2) is 69.9 Å². The SMILES string of the molecule is COC(=O)[C@@H]1CC2CCC(OC)C(C2)C2CC(CCC2OC)C(N)C(=O)NCC(=O)N1. The Labute approximate surface area is 184 Å². The Bertz CT molecular complexity index is 659. The molecule has 0 aromatic rings. The lowest BCUT2D eigenvalue weighted by molar-refractivity contribution is -0.146. The van der Waals surface area contributed by atoms with Crippen molar-refractivity contribution in [2.75, 3.05) is 27.9 Å². The number of esters is 1. The predicted octanol–water partition coefficient (Wildman–Crippen LogP) is 0.354. The highest BCUT2D eigenvalue weighted by Gasteiger charge is 2.45. The third-order valence-corrected chi connectivity index (χ3v) is 7.60. The maximum absolute atomic E-state index is 12.6. The van der Waals surface area contributed by atoms with E-state index < -0.39 is 24.0 Å². The van der Waals surface area contributed by atoms with Crippen LogP contribution in [-0.2, 0) is 28.6 Å². The van der Waals surface area contributed by atoms with Gasteiger partial charge in [-0.1, -0.05) is 0 Å². The van der Waals surface area contributed by atoms with Gasteiger partial charge in [-0.3, -0.25) is 9.59 Å². The summed E-state index contributed by atoms with van der Waals surface area (Å²) in [6.07, 6.45) is 5.83. The average Bonchev–Trinajstić information content (AvgIpc) is 2.79. The number of carbonyl (C=O) groups excluding carboxylic acids is 3. The van der Waals surface area contributed by atoms with Crippen LogP contribution in [0.5, 0.6) is 0 Å². The lowest BCUT2D eigenvalue weighted by atomic mass is 9.64. The summed E-state index contributed by atoms with van der Waals surface area (Å²) in [4.78, 5) is 37.3. The molecule has 1 heterocycles. The number of rotatable bonds is 3. The summed E-state index contributed by atoms with van der Waals surface area (Å²) in [6.45, 7) is -0.212. The van der Waals surface area contributed by atoms with Gasteiger partial charge in [-0.25, -0.2) is 4.79 Å². The molecule has 0 radical (unpaired) electrons. The van der Waals surface area contributed by atoms with Crippen LogP contribution in [0.3, 0.4) is 0 Å². The third kappa shape index (κ3) is 5.56. The van der Waals surface area contributed by atoms with Gasteiger partial charge in [0.05, 0.1) is 31.9 Å². The van der Waals surface area contributed by atoms with Crippen molar-refractivity contribution in [2.24, 2.45) is 29.4 Å². The normalized spacial score (nSPS) is 39.6. The van der Waals surface area contributed by atoms with Crippen molar-refractivity contribution < 1.29 is 28.6 Å². The second kappa shape index (κ2) is 10.7. The molecule has 7 unspecified atom stereocenters. The predicted molar refractivity (Wildman–Crippen MR) is 113 cm³/mol. The molecule has 4 bridgehead atoms. The highest BCUT2D eigenvalue weighted by atomic mass is 16.5. The summed E-state index contributed by atoms with van der Waals surface area (Å²) in [6, 6.07) is -1.43. The summed E-state index contributed by atoms with van der Waals surface area (Å²) in [5.74, 6) is -0.482. The van der Waals surface area contributed by atoms with Crippen molar-refractivity contribution in [1.29, 1.82) is 0 Å². The molecular formula is C22H37N3O6. The van der Waals surface area contributed by atoms with Crippen molar-refractivity contribution in [3.8, 4) is 0 Å². The Morgan fingerprint density at radius 1 is 0.935 bits per heavy atom. The molecule has 3 aliphatic rings. The van der Waals surface area contributed by atoms with Gasteiger partial charge < -0.3 is 30.6 Å². The highest BCUT2D eigenvalue weighted by molar-refractivity contribution is 5.89. The first-order chi connectivity index (χ1) is 14.9. The average molecular weight is 440 g/mol. The molecule has 3 fully saturated rings. The summed E-state index contributed by atoms with van der Waals surface area (Å²) < 4.78 is 16.6. The van der Waals surface area contributed by atoms with E-state index in [2.05, 4.69) is 10.6 Å². The Hall–Kier alpha value is -1.71. The zero-order valence-corrected chi connectivity index (χ0v) is 18.8. The molecule has 0 aromatic carbocycles. The minimum Gasteiger partial charge on any atom is -0.467 e. The first-order valence-electron chi connectivity index (χ1n) is 11.3. The van der Waals surface area contributed by atoms with Crippen molar-refractivity contribution in [1.82, 2.24) is 10.6 Å². The van der Waals surface area contributed by atoms with Crippen molar-refractivity contribution in [2.45, 2.75) is 69.2 Å². The summed E-state index contributed by atoms with van der Waals surface area (Å²) in [5, 5.41) is 5.36. The van der Waals surface area contributed by atoms with E-state index in [1.807, 2.05) is 0 Å². The quantitative estimate of drug-likeness (QED) is 0.541. The summed E-state index contributed by atoms with van der Waals surface area (Å²) >= 11 is 0. The third-order valence-electron chi connectivity index (χ3n) is 7.60. The summed E-state index contributed by atoms with van der Waals surface area (Å²) in [5.41, 5.74) is 6.31. The fourth-order valence-electron chi connectivity index (χ4n) is 5.94. The molecule has 8 atom stereocenters. The number of hydrogen-bond donors (Lipinski definition) is 3. The molecule has 9 nitrogen and oxygen atoms in total. The van der Waals surface area contributed by atoms with E-state index in [-0.39, 0.29) is 48.3 Å². The lowest BCUT2D eigenvalue weighted by Crippen LogP contribution is -2.54. The molecule has 1 saturated heterocycles. The molecule has 4 N–H and O–H groups in total. The second-order valence-corrected chi connectivity index (χ2v) is 9.25. The molecule has 176 valence electrons. The number of amides is 2. The van der Waals surface area contributed by atoms with Crippen LogP contribution >= 0.6 is 0 Å². The molecular weight excluding hydrogens is 402 g/mol. The van der Waals surface area contributed by atoms with Crippen molar-refractivity contribution in [3.05, 3.63) is 0 Å². The zero-order valence-electron chi connectivity index (χ0n) is 18.8. The van der Waals surface area contributed by atoms with Gasteiger partial charge in [0.2, 0.25) is 11.8 Å². The van der Waals surface area contributed by atoms with Crippen LogP contribution in [0.25, 0.3) is 0 Å². The second-order valence-electron chi connectivity index (χ2n) is 9.25. The maximum Gasteiger partial charge on any atom is 0.328 e. The molecule has 31 heavy (non-hydrogen) atoms. The number of nitrogens with one attached hydrogen (secondary N) is 2. The van der Waals surface area contributed by atoms with Gasteiger partial charge in [0, 0.05) is 14.2 Å². The number of hydrogen-bond acceptors (Lipinski definition) is 7.